The third kappa shape index (κ3) is 54.1. The summed E-state index contributed by atoms with van der Waals surface area (Å²) in [4.78, 5) is 38.1. The van der Waals surface area contributed by atoms with Crippen LogP contribution in [0.25, 0.3) is 0 Å². The number of hydrogen-bond acceptors (Lipinski definition) is 6. The number of carbonyl (C=O) groups excluding carboxylic acids is 3. The molecule has 0 radical (unpaired) electrons. The molecule has 1 unspecified atom stereocenters. The van der Waals surface area contributed by atoms with Crippen LogP contribution in [0.2, 0.25) is 0 Å². The molecule has 0 rings (SSSR count). The molecule has 0 amide bonds. The maximum atomic E-state index is 12.8. The lowest BCUT2D eigenvalue weighted by Crippen LogP contribution is -2.30. The number of rotatable bonds is 47. The van der Waals surface area contributed by atoms with Gasteiger partial charge >= 0.3 is 17.9 Å². The van der Waals surface area contributed by atoms with Crippen molar-refractivity contribution in [1.29, 1.82) is 0 Å². The van der Waals surface area contributed by atoms with Crippen LogP contribution in [0.15, 0.2) is 146 Å². The number of hydrogen-bond donors (Lipinski definition) is 0. The average molecular weight is 951 g/mol. The Morgan fingerprint density at radius 3 is 1.00 bits per heavy atom. The van der Waals surface area contributed by atoms with Gasteiger partial charge in [-0.05, 0) is 89.9 Å². The van der Waals surface area contributed by atoms with Gasteiger partial charge in [0.05, 0.1) is 0 Å². The van der Waals surface area contributed by atoms with Crippen LogP contribution in [-0.4, -0.2) is 37.2 Å². The Morgan fingerprint density at radius 2 is 0.594 bits per heavy atom. The topological polar surface area (TPSA) is 78.9 Å². The van der Waals surface area contributed by atoms with Crippen LogP contribution in [0, 0.1) is 0 Å². The molecular formula is C63H98O6. The Balaban J connectivity index is 4.52. The van der Waals surface area contributed by atoms with Gasteiger partial charge in [0.15, 0.2) is 6.10 Å². The van der Waals surface area contributed by atoms with Crippen LogP contribution in [0.4, 0.5) is 0 Å². The number of ether oxygens (including phenoxy) is 3. The van der Waals surface area contributed by atoms with Crippen molar-refractivity contribution in [2.45, 2.75) is 219 Å². The SMILES string of the molecule is CC\C=C/C=C\C=C/C=C\C=C\C=C/CCCCCC(=O)OC(COC(=O)CCCCCCCCC\C=C/C=C\C=C/CC)COC(=O)CCCCCCCCCCC/C=C\C/C=C\C/C=C\CC. The molecule has 0 aromatic carbocycles. The van der Waals surface area contributed by atoms with E-state index in [0.29, 0.717) is 19.3 Å². The molecule has 6 heteroatoms. The van der Waals surface area contributed by atoms with E-state index in [9.17, 15) is 14.4 Å². The van der Waals surface area contributed by atoms with Crippen molar-refractivity contribution in [3.05, 3.63) is 146 Å². The monoisotopic (exact) mass is 951 g/mol. The van der Waals surface area contributed by atoms with Crippen LogP contribution in [-0.2, 0) is 28.6 Å². The van der Waals surface area contributed by atoms with Gasteiger partial charge in [0.1, 0.15) is 13.2 Å². The molecule has 1 atom stereocenters. The van der Waals surface area contributed by atoms with E-state index in [1.807, 2.05) is 60.8 Å². The van der Waals surface area contributed by atoms with Gasteiger partial charge in [-0.25, -0.2) is 0 Å². The van der Waals surface area contributed by atoms with Crippen molar-refractivity contribution in [2.24, 2.45) is 0 Å². The Labute approximate surface area is 423 Å². The molecule has 0 heterocycles. The molecular weight excluding hydrogens is 853 g/mol. The second-order valence-electron chi connectivity index (χ2n) is 17.6. The van der Waals surface area contributed by atoms with E-state index < -0.39 is 6.10 Å². The fraction of sp³-hybridized carbons (Fsp3) is 0.571. The molecule has 386 valence electrons. The Hall–Kier alpha value is -4.71. The highest BCUT2D eigenvalue weighted by Crippen LogP contribution is 2.14. The molecule has 0 saturated heterocycles. The molecule has 69 heavy (non-hydrogen) atoms. The summed E-state index contributed by atoms with van der Waals surface area (Å²) >= 11 is 0. The molecule has 0 aliphatic carbocycles. The zero-order valence-corrected chi connectivity index (χ0v) is 44.0. The predicted octanol–water partition coefficient (Wildman–Crippen LogP) is 18.4. The van der Waals surface area contributed by atoms with Crippen molar-refractivity contribution in [1.82, 2.24) is 0 Å². The largest absolute Gasteiger partial charge is 0.462 e. The predicted molar refractivity (Wildman–Crippen MR) is 297 cm³/mol. The van der Waals surface area contributed by atoms with E-state index >= 15 is 0 Å². The molecule has 0 aliphatic heterocycles. The first kappa shape index (κ1) is 64.3. The summed E-state index contributed by atoms with van der Waals surface area (Å²) in [7, 11) is 0. The fourth-order valence-electron chi connectivity index (χ4n) is 7.02. The first-order valence-corrected chi connectivity index (χ1v) is 27.5. The molecule has 0 N–H and O–H groups in total. The van der Waals surface area contributed by atoms with Crippen molar-refractivity contribution >= 4 is 17.9 Å². The molecule has 0 aliphatic rings. The quantitative estimate of drug-likeness (QED) is 0.0199. The van der Waals surface area contributed by atoms with Crippen LogP contribution in [0.5, 0.6) is 0 Å². The molecule has 0 saturated carbocycles. The van der Waals surface area contributed by atoms with Crippen molar-refractivity contribution in [3.8, 4) is 0 Å². The van der Waals surface area contributed by atoms with Gasteiger partial charge < -0.3 is 14.2 Å². The third-order valence-electron chi connectivity index (χ3n) is 11.0. The lowest BCUT2D eigenvalue weighted by molar-refractivity contribution is -0.167. The Morgan fingerprint density at radius 1 is 0.304 bits per heavy atom. The fourth-order valence-corrected chi connectivity index (χ4v) is 7.02. The summed E-state index contributed by atoms with van der Waals surface area (Å²) in [5.74, 6) is -0.978. The zero-order valence-electron chi connectivity index (χ0n) is 44.0. The van der Waals surface area contributed by atoms with Gasteiger partial charge in [-0.1, -0.05) is 250 Å². The molecule has 0 spiro atoms. The summed E-state index contributed by atoms with van der Waals surface area (Å²) < 4.78 is 16.8. The molecule has 0 aromatic heterocycles. The van der Waals surface area contributed by atoms with Crippen LogP contribution in [0.1, 0.15) is 213 Å². The standard InChI is InChI=1S/C63H98O6/c1-4-7-10-13-16-19-22-25-28-30-31-33-35-38-41-44-47-50-53-56-62(65)68-59-60(58-67-61(64)55-52-49-46-43-40-37-34-27-24-21-18-15-12-9-6-3)69-63(66)57-54-51-48-45-42-39-36-32-29-26-23-20-17-14-11-8-5-2/h7-12,14-21,23-26,28-29,32,36,39,42,60H,4-6,13,22,27,30-31,33-35,37-38,40-41,43-59H2,1-3H3/b10-7-,11-8-,12-9-,17-14-,18-15-,19-16-,23-20-,24-21-,28-25-,29-26-,36-32+,42-39-. The van der Waals surface area contributed by atoms with E-state index in [0.717, 1.165) is 103 Å². The highest BCUT2D eigenvalue weighted by molar-refractivity contribution is 5.71. The van der Waals surface area contributed by atoms with E-state index in [-0.39, 0.29) is 37.5 Å². The molecule has 0 bridgehead atoms. The van der Waals surface area contributed by atoms with Gasteiger partial charge in [-0.15, -0.1) is 0 Å². The maximum Gasteiger partial charge on any atom is 0.306 e. The Kier molecular flexibility index (Phi) is 52.1. The van der Waals surface area contributed by atoms with E-state index in [1.54, 1.807) is 0 Å². The normalized spacial score (nSPS) is 13.3. The average Bonchev–Trinajstić information content (AvgIpc) is 3.35. The Bertz CT molecular complexity index is 1560. The minimum Gasteiger partial charge on any atom is -0.462 e. The van der Waals surface area contributed by atoms with Gasteiger partial charge in [0, 0.05) is 19.3 Å². The molecule has 0 fully saturated rings. The van der Waals surface area contributed by atoms with Gasteiger partial charge in [0.25, 0.3) is 0 Å². The van der Waals surface area contributed by atoms with Crippen molar-refractivity contribution < 1.29 is 28.6 Å². The number of carbonyl (C=O) groups is 3. The van der Waals surface area contributed by atoms with Gasteiger partial charge in [-0.3, -0.25) is 14.4 Å². The summed E-state index contributed by atoms with van der Waals surface area (Å²) in [6.07, 6.45) is 79.7. The van der Waals surface area contributed by atoms with Crippen LogP contribution >= 0.6 is 0 Å². The smallest absolute Gasteiger partial charge is 0.306 e. The van der Waals surface area contributed by atoms with Gasteiger partial charge in [0.2, 0.25) is 0 Å². The lowest BCUT2D eigenvalue weighted by Gasteiger charge is -2.18. The summed E-state index contributed by atoms with van der Waals surface area (Å²) in [6.45, 7) is 6.19. The maximum absolute atomic E-state index is 12.8. The van der Waals surface area contributed by atoms with E-state index in [4.69, 9.17) is 14.2 Å². The summed E-state index contributed by atoms with van der Waals surface area (Å²) in [5, 5.41) is 0. The minimum absolute atomic E-state index is 0.109. The highest BCUT2D eigenvalue weighted by Gasteiger charge is 2.19. The minimum atomic E-state index is -0.816. The lowest BCUT2D eigenvalue weighted by atomic mass is 10.1. The first-order valence-electron chi connectivity index (χ1n) is 27.5. The third-order valence-corrected chi connectivity index (χ3v) is 11.0. The van der Waals surface area contributed by atoms with E-state index in [1.165, 1.54) is 64.2 Å². The number of esters is 3. The van der Waals surface area contributed by atoms with Crippen LogP contribution < -0.4 is 0 Å². The number of allylic oxidation sites excluding steroid dienone is 24. The van der Waals surface area contributed by atoms with E-state index in [2.05, 4.69) is 106 Å². The summed E-state index contributed by atoms with van der Waals surface area (Å²) in [5.41, 5.74) is 0. The second kappa shape index (κ2) is 55.9. The van der Waals surface area contributed by atoms with Crippen molar-refractivity contribution in [2.75, 3.05) is 13.2 Å². The second-order valence-corrected chi connectivity index (χ2v) is 17.6. The van der Waals surface area contributed by atoms with Gasteiger partial charge in [-0.2, -0.15) is 0 Å². The molecule has 6 nitrogen and oxygen atoms in total. The first-order chi connectivity index (χ1) is 34.0. The summed E-state index contributed by atoms with van der Waals surface area (Å²) in [6, 6.07) is 0. The van der Waals surface area contributed by atoms with Crippen molar-refractivity contribution in [3.63, 3.8) is 0 Å². The molecule has 0 aromatic rings. The zero-order chi connectivity index (χ0) is 50.0. The van der Waals surface area contributed by atoms with Crippen LogP contribution in [0.3, 0.4) is 0 Å². The highest BCUT2D eigenvalue weighted by atomic mass is 16.6. The number of unbranched alkanes of at least 4 members (excludes halogenated alkanes) is 19.